The van der Waals surface area contributed by atoms with Crippen molar-refractivity contribution < 1.29 is 13.2 Å². The van der Waals surface area contributed by atoms with Crippen LogP contribution in [-0.4, -0.2) is 38.5 Å². The van der Waals surface area contributed by atoms with Crippen molar-refractivity contribution in [1.82, 2.24) is 4.31 Å². The maximum Gasteiger partial charge on any atom is 0.252 e. The molecule has 1 unspecified atom stereocenters. The predicted octanol–water partition coefficient (Wildman–Crippen LogP) is 1.40. The standard InChI is InChI=1S/C12H20N2O3S2/c1-2-14(9-10-4-3-7-17-10)19(15,16)12-6-5-11(8-13)18-12/h5-6,10H,2-4,7-9,13H2,1H3. The number of hydrogen-bond acceptors (Lipinski definition) is 5. The van der Waals surface area contributed by atoms with E-state index in [-0.39, 0.29) is 6.10 Å². The molecule has 2 rings (SSSR count). The first-order valence-corrected chi connectivity index (χ1v) is 8.74. The van der Waals surface area contributed by atoms with Gasteiger partial charge in [0, 0.05) is 31.1 Å². The number of hydrogen-bond donors (Lipinski definition) is 1. The molecule has 1 aliphatic heterocycles. The van der Waals surface area contributed by atoms with Crippen LogP contribution in [0, 0.1) is 0 Å². The summed E-state index contributed by atoms with van der Waals surface area (Å²) in [7, 11) is -3.41. The molecule has 0 bridgehead atoms. The largest absolute Gasteiger partial charge is 0.377 e. The molecule has 1 atom stereocenters. The van der Waals surface area contributed by atoms with Gasteiger partial charge < -0.3 is 10.5 Å². The summed E-state index contributed by atoms with van der Waals surface area (Å²) < 4.78 is 32.4. The zero-order chi connectivity index (χ0) is 13.9. The van der Waals surface area contributed by atoms with Crippen molar-refractivity contribution in [3.8, 4) is 0 Å². The molecule has 1 saturated heterocycles. The summed E-state index contributed by atoms with van der Waals surface area (Å²) in [6.07, 6.45) is 1.98. The predicted molar refractivity (Wildman–Crippen MR) is 75.6 cm³/mol. The molecule has 1 aromatic rings. The van der Waals surface area contributed by atoms with E-state index in [1.165, 1.54) is 15.6 Å². The van der Waals surface area contributed by atoms with Crippen LogP contribution in [-0.2, 0) is 21.3 Å². The van der Waals surface area contributed by atoms with Crippen LogP contribution in [0.5, 0.6) is 0 Å². The van der Waals surface area contributed by atoms with Gasteiger partial charge in [-0.1, -0.05) is 6.92 Å². The Hall–Kier alpha value is -0.470. The molecule has 7 heteroatoms. The lowest BCUT2D eigenvalue weighted by Crippen LogP contribution is -2.36. The molecule has 108 valence electrons. The monoisotopic (exact) mass is 304 g/mol. The zero-order valence-electron chi connectivity index (χ0n) is 11.0. The summed E-state index contributed by atoms with van der Waals surface area (Å²) in [6.45, 7) is 3.85. The minimum absolute atomic E-state index is 0.0312. The molecule has 5 nitrogen and oxygen atoms in total. The van der Waals surface area contributed by atoms with Crippen molar-refractivity contribution in [2.75, 3.05) is 19.7 Å². The van der Waals surface area contributed by atoms with E-state index in [9.17, 15) is 8.42 Å². The summed E-state index contributed by atoms with van der Waals surface area (Å²) in [5.41, 5.74) is 5.53. The second kappa shape index (κ2) is 6.32. The van der Waals surface area contributed by atoms with E-state index >= 15 is 0 Å². The maximum atomic E-state index is 12.5. The highest BCUT2D eigenvalue weighted by molar-refractivity contribution is 7.91. The summed E-state index contributed by atoms with van der Waals surface area (Å²) in [6, 6.07) is 3.41. The number of nitrogens with zero attached hydrogens (tertiary/aromatic N) is 1. The number of ether oxygens (including phenoxy) is 1. The zero-order valence-corrected chi connectivity index (χ0v) is 12.7. The van der Waals surface area contributed by atoms with Gasteiger partial charge in [-0.25, -0.2) is 8.42 Å². The molecule has 1 aliphatic rings. The highest BCUT2D eigenvalue weighted by Crippen LogP contribution is 2.26. The van der Waals surface area contributed by atoms with E-state index in [2.05, 4.69) is 0 Å². The Bertz CT molecular complexity index is 507. The first kappa shape index (κ1) is 14.9. The first-order chi connectivity index (χ1) is 9.07. The fourth-order valence-electron chi connectivity index (χ4n) is 2.15. The summed E-state index contributed by atoms with van der Waals surface area (Å²) >= 11 is 1.25. The fourth-order valence-corrected chi connectivity index (χ4v) is 5.02. The number of sulfonamides is 1. The Morgan fingerprint density at radius 1 is 1.53 bits per heavy atom. The van der Waals surface area contributed by atoms with Gasteiger partial charge in [-0.15, -0.1) is 11.3 Å². The lowest BCUT2D eigenvalue weighted by atomic mass is 10.2. The van der Waals surface area contributed by atoms with Crippen LogP contribution < -0.4 is 5.73 Å². The van der Waals surface area contributed by atoms with Crippen LogP contribution in [0.1, 0.15) is 24.6 Å². The number of likely N-dealkylation sites (N-methyl/N-ethyl adjacent to an activating group) is 1. The Labute approximate surface area is 118 Å². The highest BCUT2D eigenvalue weighted by atomic mass is 32.2. The summed E-state index contributed by atoms with van der Waals surface area (Å²) in [5, 5.41) is 0. The van der Waals surface area contributed by atoms with Gasteiger partial charge in [-0.05, 0) is 25.0 Å². The molecule has 0 aromatic carbocycles. The van der Waals surface area contributed by atoms with Gasteiger partial charge >= 0.3 is 0 Å². The average Bonchev–Trinajstić information content (AvgIpc) is 3.06. The molecular weight excluding hydrogens is 284 g/mol. The second-order valence-electron chi connectivity index (χ2n) is 4.52. The Morgan fingerprint density at radius 2 is 2.32 bits per heavy atom. The van der Waals surface area contributed by atoms with Crippen LogP contribution in [0.15, 0.2) is 16.3 Å². The molecular formula is C12H20N2O3S2. The molecule has 0 radical (unpaired) electrons. The van der Waals surface area contributed by atoms with Crippen molar-refractivity contribution in [2.45, 2.75) is 36.6 Å². The molecule has 0 spiro atoms. The number of rotatable bonds is 6. The fraction of sp³-hybridized carbons (Fsp3) is 0.667. The van der Waals surface area contributed by atoms with E-state index < -0.39 is 10.0 Å². The third kappa shape index (κ3) is 3.35. The van der Waals surface area contributed by atoms with Crippen LogP contribution in [0.2, 0.25) is 0 Å². The minimum Gasteiger partial charge on any atom is -0.377 e. The molecule has 19 heavy (non-hydrogen) atoms. The third-order valence-electron chi connectivity index (χ3n) is 3.22. The molecule has 0 saturated carbocycles. The van der Waals surface area contributed by atoms with Crippen LogP contribution >= 0.6 is 11.3 Å². The summed E-state index contributed by atoms with van der Waals surface area (Å²) in [5.74, 6) is 0. The van der Waals surface area contributed by atoms with Crippen LogP contribution in [0.4, 0.5) is 0 Å². The van der Waals surface area contributed by atoms with Crippen molar-refractivity contribution in [3.63, 3.8) is 0 Å². The molecule has 1 fully saturated rings. The second-order valence-corrected chi connectivity index (χ2v) is 7.85. The van der Waals surface area contributed by atoms with Gasteiger partial charge in [0.05, 0.1) is 6.10 Å². The Kier molecular flexibility index (Phi) is 4.97. The van der Waals surface area contributed by atoms with Gasteiger partial charge in [0.15, 0.2) is 0 Å². The van der Waals surface area contributed by atoms with Gasteiger partial charge in [0.2, 0.25) is 0 Å². The van der Waals surface area contributed by atoms with E-state index in [1.54, 1.807) is 12.1 Å². The van der Waals surface area contributed by atoms with Gasteiger partial charge in [-0.2, -0.15) is 4.31 Å². The quantitative estimate of drug-likeness (QED) is 0.862. The van der Waals surface area contributed by atoms with Gasteiger partial charge in [0.25, 0.3) is 10.0 Å². The summed E-state index contributed by atoms with van der Waals surface area (Å²) in [4.78, 5) is 0.881. The Balaban J connectivity index is 2.15. The highest BCUT2D eigenvalue weighted by Gasteiger charge is 2.28. The molecule has 0 aliphatic carbocycles. The average molecular weight is 304 g/mol. The lowest BCUT2D eigenvalue weighted by Gasteiger charge is -2.22. The molecule has 0 amide bonds. The van der Waals surface area contributed by atoms with Gasteiger partial charge in [-0.3, -0.25) is 0 Å². The lowest BCUT2D eigenvalue weighted by molar-refractivity contribution is 0.0947. The van der Waals surface area contributed by atoms with Crippen molar-refractivity contribution >= 4 is 21.4 Å². The van der Waals surface area contributed by atoms with E-state index in [0.717, 1.165) is 24.3 Å². The van der Waals surface area contributed by atoms with E-state index in [0.29, 0.717) is 23.8 Å². The van der Waals surface area contributed by atoms with Gasteiger partial charge in [0.1, 0.15) is 4.21 Å². The van der Waals surface area contributed by atoms with Crippen molar-refractivity contribution in [3.05, 3.63) is 17.0 Å². The molecule has 1 aromatic heterocycles. The van der Waals surface area contributed by atoms with E-state index in [1.807, 2.05) is 6.92 Å². The normalized spacial score (nSPS) is 20.3. The molecule has 2 heterocycles. The minimum atomic E-state index is -3.41. The molecule has 2 N–H and O–H groups in total. The topological polar surface area (TPSA) is 72.6 Å². The van der Waals surface area contributed by atoms with Crippen LogP contribution in [0.25, 0.3) is 0 Å². The van der Waals surface area contributed by atoms with Crippen LogP contribution in [0.3, 0.4) is 0 Å². The maximum absolute atomic E-state index is 12.5. The smallest absolute Gasteiger partial charge is 0.252 e. The number of thiophene rings is 1. The van der Waals surface area contributed by atoms with Crippen molar-refractivity contribution in [1.29, 1.82) is 0 Å². The van der Waals surface area contributed by atoms with Crippen molar-refractivity contribution in [2.24, 2.45) is 5.73 Å². The number of nitrogens with two attached hydrogens (primary N) is 1. The third-order valence-corrected chi connectivity index (χ3v) is 6.73. The van der Waals surface area contributed by atoms with E-state index in [4.69, 9.17) is 10.5 Å². The Morgan fingerprint density at radius 3 is 2.84 bits per heavy atom. The SMILES string of the molecule is CCN(CC1CCCO1)S(=O)(=O)c1ccc(CN)s1. The first-order valence-electron chi connectivity index (χ1n) is 6.48.